The lowest BCUT2D eigenvalue weighted by atomic mass is 10.1. The summed E-state index contributed by atoms with van der Waals surface area (Å²) in [6.07, 6.45) is -4.22. The molecule has 2 aromatic heterocycles. The van der Waals surface area contributed by atoms with Gasteiger partial charge in [-0.3, -0.25) is 9.59 Å². The molecule has 0 bridgehead atoms. The van der Waals surface area contributed by atoms with Crippen molar-refractivity contribution < 1.29 is 31.9 Å². The standard InChI is InChI=1S/C20H19F3N2O4/c1-12-9-14(13(2)25(12)11-20(21,22)23)16(26)10-28-19(27)8-7-18-24-15-5-3-4-6-17(15)29-18/h3-6,9H,7-8,10-11H2,1-2H3. The lowest BCUT2D eigenvalue weighted by molar-refractivity contribution is -0.142. The summed E-state index contributed by atoms with van der Waals surface area (Å²) in [5, 5.41) is 0. The maximum atomic E-state index is 12.7. The highest BCUT2D eigenvalue weighted by atomic mass is 19.4. The predicted octanol–water partition coefficient (Wildman–Crippen LogP) is 4.17. The first-order valence-electron chi connectivity index (χ1n) is 8.91. The van der Waals surface area contributed by atoms with E-state index < -0.39 is 31.1 Å². The lowest BCUT2D eigenvalue weighted by Gasteiger charge is -2.12. The van der Waals surface area contributed by atoms with E-state index in [1.165, 1.54) is 19.9 Å². The fraction of sp³-hybridized carbons (Fsp3) is 0.350. The number of nitrogens with zero attached hydrogens (tertiary/aromatic N) is 2. The topological polar surface area (TPSA) is 74.3 Å². The van der Waals surface area contributed by atoms with Crippen LogP contribution in [0.5, 0.6) is 0 Å². The van der Waals surface area contributed by atoms with Gasteiger partial charge in [-0.1, -0.05) is 12.1 Å². The van der Waals surface area contributed by atoms with Gasteiger partial charge in [-0.2, -0.15) is 13.2 Å². The molecule has 2 heterocycles. The number of carbonyl (C=O) groups is 2. The second-order valence-corrected chi connectivity index (χ2v) is 6.65. The zero-order valence-electron chi connectivity index (χ0n) is 15.9. The van der Waals surface area contributed by atoms with Crippen molar-refractivity contribution in [3.05, 3.63) is 53.2 Å². The summed E-state index contributed by atoms with van der Waals surface area (Å²) in [6.45, 7) is 1.20. The second-order valence-electron chi connectivity index (χ2n) is 6.65. The summed E-state index contributed by atoms with van der Waals surface area (Å²) in [4.78, 5) is 28.4. The van der Waals surface area contributed by atoms with E-state index in [9.17, 15) is 22.8 Å². The fourth-order valence-electron chi connectivity index (χ4n) is 3.04. The van der Waals surface area contributed by atoms with Crippen molar-refractivity contribution in [2.45, 2.75) is 39.4 Å². The Morgan fingerprint density at radius 3 is 2.62 bits per heavy atom. The molecule has 9 heteroatoms. The highest BCUT2D eigenvalue weighted by Gasteiger charge is 2.30. The molecule has 0 atom stereocenters. The zero-order chi connectivity index (χ0) is 21.2. The first-order valence-corrected chi connectivity index (χ1v) is 8.91. The molecular formula is C20H19F3N2O4. The number of para-hydroxylation sites is 2. The minimum Gasteiger partial charge on any atom is -0.457 e. The van der Waals surface area contributed by atoms with Gasteiger partial charge in [-0.05, 0) is 32.0 Å². The van der Waals surface area contributed by atoms with Crippen molar-refractivity contribution in [1.29, 1.82) is 0 Å². The molecule has 0 aliphatic carbocycles. The van der Waals surface area contributed by atoms with Gasteiger partial charge in [-0.15, -0.1) is 0 Å². The molecule has 0 spiro atoms. The van der Waals surface area contributed by atoms with E-state index in [1.807, 2.05) is 12.1 Å². The molecule has 0 aliphatic rings. The summed E-state index contributed by atoms with van der Waals surface area (Å²) >= 11 is 0. The number of rotatable bonds is 7. The molecule has 0 saturated carbocycles. The van der Waals surface area contributed by atoms with Crippen LogP contribution in [0.25, 0.3) is 11.1 Å². The van der Waals surface area contributed by atoms with Crippen LogP contribution >= 0.6 is 0 Å². The number of ether oxygens (including phenoxy) is 1. The third kappa shape index (κ3) is 5.04. The maximum absolute atomic E-state index is 12.7. The quantitative estimate of drug-likeness (QED) is 0.433. The fourth-order valence-corrected chi connectivity index (χ4v) is 3.04. The van der Waals surface area contributed by atoms with Crippen LogP contribution in [-0.4, -0.2) is 34.1 Å². The Labute approximate surface area is 164 Å². The summed E-state index contributed by atoms with van der Waals surface area (Å²) in [7, 11) is 0. The number of Topliss-reactive ketones (excluding diaryl/α,β-unsaturated/α-hetero) is 1. The number of oxazole rings is 1. The normalized spacial score (nSPS) is 11.8. The number of benzene rings is 1. The van der Waals surface area contributed by atoms with Crippen molar-refractivity contribution >= 4 is 22.9 Å². The Morgan fingerprint density at radius 1 is 1.21 bits per heavy atom. The molecule has 3 aromatic rings. The average molecular weight is 408 g/mol. The van der Waals surface area contributed by atoms with E-state index in [1.54, 1.807) is 12.1 Å². The van der Waals surface area contributed by atoms with Crippen molar-refractivity contribution in [1.82, 2.24) is 9.55 Å². The molecule has 29 heavy (non-hydrogen) atoms. The number of alkyl halides is 3. The average Bonchev–Trinajstić information content (AvgIpc) is 3.19. The van der Waals surface area contributed by atoms with Crippen LogP contribution in [0.4, 0.5) is 13.2 Å². The van der Waals surface area contributed by atoms with Crippen LogP contribution in [-0.2, 0) is 22.5 Å². The number of hydrogen-bond acceptors (Lipinski definition) is 5. The monoisotopic (exact) mass is 408 g/mol. The summed E-state index contributed by atoms with van der Waals surface area (Å²) in [6, 6.07) is 8.55. The van der Waals surface area contributed by atoms with Crippen molar-refractivity contribution in [2.24, 2.45) is 0 Å². The smallest absolute Gasteiger partial charge is 0.406 e. The number of aromatic nitrogens is 2. The second kappa shape index (κ2) is 8.10. The molecule has 154 valence electrons. The lowest BCUT2D eigenvalue weighted by Crippen LogP contribution is -2.20. The Morgan fingerprint density at radius 2 is 1.93 bits per heavy atom. The molecule has 0 fully saturated rings. The molecular weight excluding hydrogens is 389 g/mol. The molecule has 0 saturated heterocycles. The summed E-state index contributed by atoms with van der Waals surface area (Å²) < 4.78 is 49.5. The van der Waals surface area contributed by atoms with E-state index in [-0.39, 0.29) is 24.1 Å². The highest BCUT2D eigenvalue weighted by Crippen LogP contribution is 2.23. The van der Waals surface area contributed by atoms with Gasteiger partial charge in [0.2, 0.25) is 5.78 Å². The van der Waals surface area contributed by atoms with E-state index in [4.69, 9.17) is 9.15 Å². The molecule has 3 rings (SSSR count). The van der Waals surface area contributed by atoms with E-state index in [2.05, 4.69) is 4.98 Å². The van der Waals surface area contributed by atoms with Crippen LogP contribution in [0.3, 0.4) is 0 Å². The Hall–Kier alpha value is -3.10. The number of hydrogen-bond donors (Lipinski definition) is 0. The number of ketones is 1. The summed E-state index contributed by atoms with van der Waals surface area (Å²) in [5.74, 6) is -0.795. The third-order valence-corrected chi connectivity index (χ3v) is 4.46. The largest absolute Gasteiger partial charge is 0.457 e. The number of fused-ring (bicyclic) bond motifs is 1. The van der Waals surface area contributed by atoms with Gasteiger partial charge in [0.15, 0.2) is 18.1 Å². The number of aryl methyl sites for hydroxylation is 2. The van der Waals surface area contributed by atoms with E-state index >= 15 is 0 Å². The zero-order valence-corrected chi connectivity index (χ0v) is 15.9. The van der Waals surface area contributed by atoms with Crippen LogP contribution < -0.4 is 0 Å². The molecule has 0 radical (unpaired) electrons. The van der Waals surface area contributed by atoms with Gasteiger partial charge in [0.25, 0.3) is 0 Å². The molecule has 1 aromatic carbocycles. The Bertz CT molecular complexity index is 1020. The van der Waals surface area contributed by atoms with Gasteiger partial charge in [0, 0.05) is 23.4 Å². The SMILES string of the molecule is Cc1cc(C(=O)COC(=O)CCc2nc3ccccc3o2)c(C)n1CC(F)(F)F. The minimum atomic E-state index is -4.40. The molecule has 0 amide bonds. The number of carbonyl (C=O) groups excluding carboxylic acids is 2. The molecule has 0 unspecified atom stereocenters. The predicted molar refractivity (Wildman–Crippen MR) is 97.6 cm³/mol. The van der Waals surface area contributed by atoms with Crippen molar-refractivity contribution in [3.63, 3.8) is 0 Å². The first-order chi connectivity index (χ1) is 13.6. The Kier molecular flexibility index (Phi) is 5.76. The molecule has 6 nitrogen and oxygen atoms in total. The number of esters is 1. The van der Waals surface area contributed by atoms with Crippen molar-refractivity contribution in [2.75, 3.05) is 6.61 Å². The number of halogens is 3. The van der Waals surface area contributed by atoms with Crippen LogP contribution in [0.15, 0.2) is 34.7 Å². The molecule has 0 N–H and O–H groups in total. The first kappa shape index (κ1) is 20.6. The third-order valence-electron chi connectivity index (χ3n) is 4.46. The van der Waals surface area contributed by atoms with Gasteiger partial charge in [-0.25, -0.2) is 4.98 Å². The van der Waals surface area contributed by atoms with Crippen LogP contribution in [0.1, 0.15) is 34.1 Å². The van der Waals surface area contributed by atoms with E-state index in [0.717, 1.165) is 4.57 Å². The Balaban J connectivity index is 1.55. The van der Waals surface area contributed by atoms with Gasteiger partial charge in [0.05, 0.1) is 6.42 Å². The highest BCUT2D eigenvalue weighted by molar-refractivity contribution is 5.99. The summed E-state index contributed by atoms with van der Waals surface area (Å²) in [5.41, 5.74) is 1.90. The van der Waals surface area contributed by atoms with Gasteiger partial charge < -0.3 is 13.7 Å². The van der Waals surface area contributed by atoms with Gasteiger partial charge in [0.1, 0.15) is 12.1 Å². The molecule has 0 aliphatic heterocycles. The van der Waals surface area contributed by atoms with Gasteiger partial charge >= 0.3 is 12.1 Å². The maximum Gasteiger partial charge on any atom is 0.406 e. The van der Waals surface area contributed by atoms with E-state index in [0.29, 0.717) is 22.7 Å². The van der Waals surface area contributed by atoms with Crippen LogP contribution in [0.2, 0.25) is 0 Å². The minimum absolute atomic E-state index is 0.0345. The van der Waals surface area contributed by atoms with Crippen molar-refractivity contribution in [3.8, 4) is 0 Å². The van der Waals surface area contributed by atoms with Crippen LogP contribution in [0, 0.1) is 13.8 Å².